The van der Waals surface area contributed by atoms with E-state index in [2.05, 4.69) is 10.4 Å². The number of thiazole rings is 1. The van der Waals surface area contributed by atoms with Gasteiger partial charge in [-0.05, 0) is 12.8 Å². The van der Waals surface area contributed by atoms with Crippen molar-refractivity contribution in [3.8, 4) is 0 Å². The predicted molar refractivity (Wildman–Crippen MR) is 59.2 cm³/mol. The molecular weight excluding hydrogens is 210 g/mol. The molecule has 1 aliphatic rings. The fraction of sp³-hybridized carbons (Fsp3) is 0.455. The first-order valence-corrected chi connectivity index (χ1v) is 5.97. The van der Waals surface area contributed by atoms with Crippen molar-refractivity contribution in [3.05, 3.63) is 28.2 Å². The van der Waals surface area contributed by atoms with E-state index in [0.717, 1.165) is 5.01 Å². The van der Waals surface area contributed by atoms with Crippen molar-refractivity contribution in [2.24, 2.45) is 0 Å². The molecule has 0 aliphatic heterocycles. The van der Waals surface area contributed by atoms with Crippen molar-refractivity contribution >= 4 is 17.3 Å². The van der Waals surface area contributed by atoms with Gasteiger partial charge in [-0.15, -0.1) is 11.3 Å². The summed E-state index contributed by atoms with van der Waals surface area (Å²) in [5.41, 5.74) is 1.20. The fourth-order valence-corrected chi connectivity index (χ4v) is 2.42. The maximum Gasteiger partial charge on any atom is 0.327 e. The second-order valence-electron chi connectivity index (χ2n) is 3.74. The predicted octanol–water partition coefficient (Wildman–Crippen LogP) is 2.59. The topological polar surface area (TPSA) is 50.2 Å². The van der Waals surface area contributed by atoms with Gasteiger partial charge in [0.2, 0.25) is 0 Å². The molecular formula is C11H13NO2S. The molecule has 1 fully saturated rings. The van der Waals surface area contributed by atoms with Gasteiger partial charge in [0.15, 0.2) is 0 Å². The van der Waals surface area contributed by atoms with E-state index >= 15 is 0 Å². The average Bonchev–Trinajstić information content (AvgIpc) is 2.49. The number of aliphatic carboxylic acids is 1. The van der Waals surface area contributed by atoms with Crippen LogP contribution < -0.4 is 0 Å². The minimum atomic E-state index is -0.897. The number of carboxylic acid groups (broad SMARTS) is 1. The second-order valence-corrected chi connectivity index (χ2v) is 4.68. The van der Waals surface area contributed by atoms with Crippen molar-refractivity contribution < 1.29 is 9.90 Å². The van der Waals surface area contributed by atoms with Crippen molar-refractivity contribution in [1.29, 1.82) is 0 Å². The van der Waals surface area contributed by atoms with Crippen LogP contribution in [0.5, 0.6) is 0 Å². The zero-order valence-corrected chi connectivity index (χ0v) is 9.17. The summed E-state index contributed by atoms with van der Waals surface area (Å²) in [6.07, 6.45) is 7.28. The Balaban J connectivity index is 1.92. The summed E-state index contributed by atoms with van der Waals surface area (Å²) in [4.78, 5) is 14.8. The quantitative estimate of drug-likeness (QED) is 0.798. The summed E-state index contributed by atoms with van der Waals surface area (Å²) < 4.78 is 0. The Morgan fingerprint density at radius 3 is 3.07 bits per heavy atom. The highest BCUT2D eigenvalue weighted by molar-refractivity contribution is 7.09. The number of hydrogen-bond acceptors (Lipinski definition) is 3. The first-order chi connectivity index (χ1) is 7.25. The molecule has 1 aromatic heterocycles. The molecule has 15 heavy (non-hydrogen) atoms. The molecule has 3 nitrogen and oxygen atoms in total. The first kappa shape index (κ1) is 10.4. The van der Waals surface area contributed by atoms with Gasteiger partial charge >= 0.3 is 5.97 Å². The number of rotatable bonds is 4. The monoisotopic (exact) mass is 223 g/mol. The van der Waals surface area contributed by atoms with Gasteiger partial charge in [-0.3, -0.25) is 0 Å². The van der Waals surface area contributed by atoms with Crippen LogP contribution in [0.2, 0.25) is 0 Å². The van der Waals surface area contributed by atoms with E-state index in [4.69, 9.17) is 5.11 Å². The SMILES string of the molecule is O=C(O)/C=C/Cc1nc(C2CCC2)cs1. The van der Waals surface area contributed by atoms with Crippen LogP contribution in [0.4, 0.5) is 0 Å². The molecule has 1 N–H and O–H groups in total. The molecule has 1 heterocycles. The molecule has 80 valence electrons. The minimum Gasteiger partial charge on any atom is -0.478 e. The number of carboxylic acids is 1. The Hall–Kier alpha value is -1.16. The molecule has 0 atom stereocenters. The minimum absolute atomic E-state index is 0.629. The van der Waals surface area contributed by atoms with E-state index in [9.17, 15) is 4.79 Å². The Bertz CT molecular complexity index is 380. The Labute approximate surface area is 92.5 Å². The van der Waals surface area contributed by atoms with Crippen LogP contribution in [0.15, 0.2) is 17.5 Å². The molecule has 4 heteroatoms. The number of hydrogen-bond donors (Lipinski definition) is 1. The zero-order valence-electron chi connectivity index (χ0n) is 8.35. The van der Waals surface area contributed by atoms with E-state index < -0.39 is 5.97 Å². The molecule has 1 aliphatic carbocycles. The zero-order chi connectivity index (χ0) is 10.7. The summed E-state index contributed by atoms with van der Waals surface area (Å²) in [5, 5.41) is 11.5. The van der Waals surface area contributed by atoms with E-state index in [1.54, 1.807) is 17.4 Å². The molecule has 1 saturated carbocycles. The highest BCUT2D eigenvalue weighted by atomic mass is 32.1. The molecule has 0 spiro atoms. The lowest BCUT2D eigenvalue weighted by Gasteiger charge is -2.22. The van der Waals surface area contributed by atoms with Gasteiger partial charge in [-0.1, -0.05) is 12.5 Å². The third kappa shape index (κ3) is 2.65. The van der Waals surface area contributed by atoms with Gasteiger partial charge in [-0.25, -0.2) is 9.78 Å². The van der Waals surface area contributed by atoms with Crippen LogP contribution in [-0.2, 0) is 11.2 Å². The summed E-state index contributed by atoms with van der Waals surface area (Å²) in [7, 11) is 0. The normalized spacial score (nSPS) is 16.8. The largest absolute Gasteiger partial charge is 0.478 e. The van der Waals surface area contributed by atoms with Gasteiger partial charge in [0, 0.05) is 23.8 Å². The molecule has 0 saturated heterocycles. The van der Waals surface area contributed by atoms with Gasteiger partial charge in [0.1, 0.15) is 0 Å². The third-order valence-corrected chi connectivity index (χ3v) is 3.54. The lowest BCUT2D eigenvalue weighted by Crippen LogP contribution is -2.08. The summed E-state index contributed by atoms with van der Waals surface area (Å²) in [6.45, 7) is 0. The highest BCUT2D eigenvalue weighted by Crippen LogP contribution is 2.36. The molecule has 2 rings (SSSR count). The van der Waals surface area contributed by atoms with E-state index in [1.165, 1.54) is 31.0 Å². The first-order valence-electron chi connectivity index (χ1n) is 5.09. The molecule has 0 aromatic carbocycles. The number of allylic oxidation sites excluding steroid dienone is 1. The fourth-order valence-electron chi connectivity index (χ4n) is 1.57. The molecule has 0 amide bonds. The molecule has 0 radical (unpaired) electrons. The maximum atomic E-state index is 10.3. The average molecular weight is 223 g/mol. The molecule has 1 aromatic rings. The van der Waals surface area contributed by atoms with Crippen LogP contribution in [-0.4, -0.2) is 16.1 Å². The Morgan fingerprint density at radius 2 is 2.47 bits per heavy atom. The second kappa shape index (κ2) is 4.57. The van der Waals surface area contributed by atoms with Crippen molar-refractivity contribution in [2.45, 2.75) is 31.6 Å². The standard InChI is InChI=1S/C11H13NO2S/c13-11(14)6-2-5-10-12-9(7-15-10)8-3-1-4-8/h2,6-8H,1,3-5H2,(H,13,14)/b6-2+. The number of carbonyl (C=O) groups is 1. The number of aromatic nitrogens is 1. The van der Waals surface area contributed by atoms with Crippen LogP contribution in [0.1, 0.15) is 35.9 Å². The van der Waals surface area contributed by atoms with Crippen LogP contribution in [0.3, 0.4) is 0 Å². The summed E-state index contributed by atoms with van der Waals surface area (Å²) in [5.74, 6) is -0.232. The maximum absolute atomic E-state index is 10.3. The number of nitrogens with zero attached hydrogens (tertiary/aromatic N) is 1. The van der Waals surface area contributed by atoms with Crippen molar-refractivity contribution in [1.82, 2.24) is 4.98 Å². The van der Waals surface area contributed by atoms with Crippen molar-refractivity contribution in [3.63, 3.8) is 0 Å². The van der Waals surface area contributed by atoms with Crippen LogP contribution >= 0.6 is 11.3 Å². The van der Waals surface area contributed by atoms with Crippen molar-refractivity contribution in [2.75, 3.05) is 0 Å². The third-order valence-electron chi connectivity index (χ3n) is 2.65. The van der Waals surface area contributed by atoms with E-state index in [0.29, 0.717) is 12.3 Å². The summed E-state index contributed by atoms with van der Waals surface area (Å²) in [6, 6.07) is 0. The van der Waals surface area contributed by atoms with Crippen LogP contribution in [0.25, 0.3) is 0 Å². The highest BCUT2D eigenvalue weighted by Gasteiger charge is 2.21. The Kier molecular flexibility index (Phi) is 3.16. The van der Waals surface area contributed by atoms with Gasteiger partial charge in [-0.2, -0.15) is 0 Å². The lowest BCUT2D eigenvalue weighted by atomic mass is 9.83. The van der Waals surface area contributed by atoms with E-state index in [-0.39, 0.29) is 0 Å². The van der Waals surface area contributed by atoms with Crippen LogP contribution in [0, 0.1) is 0 Å². The Morgan fingerprint density at radius 1 is 1.67 bits per heavy atom. The van der Waals surface area contributed by atoms with E-state index in [1.807, 2.05) is 0 Å². The smallest absolute Gasteiger partial charge is 0.327 e. The summed E-state index contributed by atoms with van der Waals surface area (Å²) >= 11 is 1.62. The molecule has 0 bridgehead atoms. The molecule has 0 unspecified atom stereocenters. The van der Waals surface area contributed by atoms with Gasteiger partial charge < -0.3 is 5.11 Å². The van der Waals surface area contributed by atoms with Gasteiger partial charge in [0.05, 0.1) is 10.7 Å². The van der Waals surface area contributed by atoms with Gasteiger partial charge in [0.25, 0.3) is 0 Å². The lowest BCUT2D eigenvalue weighted by molar-refractivity contribution is -0.131.